The molecule has 5 rings (SSSR count). The molecule has 0 N–H and O–H groups in total. The molecule has 2 atom stereocenters. The smallest absolute Gasteiger partial charge is 0.310 e. The van der Waals surface area contributed by atoms with Crippen LogP contribution < -0.4 is 4.67 Å². The summed E-state index contributed by atoms with van der Waals surface area (Å²) in [5.41, 5.74) is 1.81. The molecule has 1 heterocycles. The topological polar surface area (TPSA) is 29.5 Å². The van der Waals surface area contributed by atoms with E-state index in [1.807, 2.05) is 0 Å². The Bertz CT molecular complexity index is 1350. The minimum Gasteiger partial charge on any atom is -0.408 e. The van der Waals surface area contributed by atoms with Crippen LogP contribution in [0, 0.1) is 0 Å². The molecular formula is C28H30NO2P. The molecule has 1 aromatic heterocycles. The van der Waals surface area contributed by atoms with Crippen molar-refractivity contribution in [1.82, 2.24) is 0 Å². The Balaban J connectivity index is 2.01. The van der Waals surface area contributed by atoms with Crippen LogP contribution >= 0.6 is 8.16 Å². The van der Waals surface area contributed by atoms with Crippen molar-refractivity contribution in [2.24, 2.45) is 0 Å². The molecule has 32 heavy (non-hydrogen) atoms. The summed E-state index contributed by atoms with van der Waals surface area (Å²) in [5.74, 6) is 0. The average molecular weight is 444 g/mol. The molecule has 4 aromatic carbocycles. The summed E-state index contributed by atoms with van der Waals surface area (Å²) in [4.78, 5) is 0. The van der Waals surface area contributed by atoms with E-state index in [9.17, 15) is 0 Å². The summed E-state index contributed by atoms with van der Waals surface area (Å²) in [5, 5.41) is 7.08. The maximum absolute atomic E-state index is 6.77. The summed E-state index contributed by atoms with van der Waals surface area (Å²) < 4.78 is 16.0. The van der Waals surface area contributed by atoms with E-state index >= 15 is 0 Å². The highest BCUT2D eigenvalue weighted by Crippen LogP contribution is 2.43. The first-order valence-corrected chi connectivity index (χ1v) is 12.7. The van der Waals surface area contributed by atoms with E-state index < -0.39 is 8.16 Å². The Morgan fingerprint density at radius 3 is 1.53 bits per heavy atom. The van der Waals surface area contributed by atoms with E-state index in [0.29, 0.717) is 12.1 Å². The van der Waals surface area contributed by atoms with E-state index in [0.717, 1.165) is 34.8 Å². The predicted molar refractivity (Wildman–Crippen MR) is 139 cm³/mol. The van der Waals surface area contributed by atoms with Crippen LogP contribution in [0.15, 0.2) is 81.2 Å². The zero-order chi connectivity index (χ0) is 22.2. The fourth-order valence-electron chi connectivity index (χ4n) is 4.58. The first-order valence-electron chi connectivity index (χ1n) is 11.6. The first-order chi connectivity index (χ1) is 15.6. The molecule has 0 aliphatic heterocycles. The van der Waals surface area contributed by atoms with Gasteiger partial charge < -0.3 is 8.39 Å². The second-order valence-electron chi connectivity index (χ2n) is 8.63. The number of fused-ring (bicyclic) bond motifs is 7. The number of hydrogen-bond donors (Lipinski definition) is 0. The third-order valence-corrected chi connectivity index (χ3v) is 8.53. The third kappa shape index (κ3) is 3.50. The van der Waals surface area contributed by atoms with Gasteiger partial charge in [-0.25, -0.2) is 0 Å². The predicted octanol–water partition coefficient (Wildman–Crippen LogP) is 9.13. The molecule has 0 spiro atoms. The minimum absolute atomic E-state index is 0.363. The van der Waals surface area contributed by atoms with Gasteiger partial charge in [0.05, 0.1) is 0 Å². The molecule has 0 bridgehead atoms. The summed E-state index contributed by atoms with van der Waals surface area (Å²) in [6.45, 7) is 9.01. The van der Waals surface area contributed by atoms with Gasteiger partial charge in [-0.05, 0) is 60.4 Å². The molecule has 4 heteroatoms. The summed E-state index contributed by atoms with van der Waals surface area (Å²) in [6, 6.07) is 26.4. The van der Waals surface area contributed by atoms with E-state index in [4.69, 9.17) is 8.39 Å². The molecule has 0 unspecified atom stereocenters. The second kappa shape index (κ2) is 8.65. The van der Waals surface area contributed by atoms with Gasteiger partial charge in [-0.15, -0.1) is 0 Å². The summed E-state index contributed by atoms with van der Waals surface area (Å²) in [7, 11) is -1.30. The van der Waals surface area contributed by atoms with Gasteiger partial charge in [-0.1, -0.05) is 74.5 Å². The SMILES string of the molecule is CC[C@H](C)N([C@@H](C)CC)p1oc2ccc3ccccc3c2c2c(ccc3ccccc32)o1. The van der Waals surface area contributed by atoms with E-state index in [-0.39, 0.29) is 0 Å². The quantitative estimate of drug-likeness (QED) is 0.271. The van der Waals surface area contributed by atoms with Gasteiger partial charge in [0.25, 0.3) is 0 Å². The number of nitrogens with zero attached hydrogens (tertiary/aromatic N) is 1. The lowest BCUT2D eigenvalue weighted by atomic mass is 9.99. The van der Waals surface area contributed by atoms with Gasteiger partial charge >= 0.3 is 8.16 Å². The maximum Gasteiger partial charge on any atom is 0.310 e. The molecule has 0 aliphatic rings. The Labute approximate surface area is 190 Å². The average Bonchev–Trinajstić information content (AvgIpc) is 3.00. The van der Waals surface area contributed by atoms with Gasteiger partial charge in [0.1, 0.15) is 11.2 Å². The van der Waals surface area contributed by atoms with Crippen molar-refractivity contribution in [3.8, 4) is 0 Å². The van der Waals surface area contributed by atoms with Crippen LogP contribution in [0.5, 0.6) is 0 Å². The van der Waals surface area contributed by atoms with Crippen molar-refractivity contribution in [1.29, 1.82) is 0 Å². The Morgan fingerprint density at radius 1 is 0.656 bits per heavy atom. The molecule has 3 nitrogen and oxygen atoms in total. The number of benzene rings is 4. The highest BCUT2D eigenvalue weighted by Gasteiger charge is 2.25. The van der Waals surface area contributed by atoms with Crippen molar-refractivity contribution in [2.75, 3.05) is 4.67 Å². The first kappa shape index (κ1) is 21.1. The molecule has 164 valence electrons. The fourth-order valence-corrected chi connectivity index (χ4v) is 6.42. The molecule has 0 saturated heterocycles. The van der Waals surface area contributed by atoms with Crippen LogP contribution in [0.3, 0.4) is 0 Å². The van der Waals surface area contributed by atoms with Gasteiger partial charge in [0.2, 0.25) is 0 Å². The summed E-state index contributed by atoms with van der Waals surface area (Å²) >= 11 is 0. The van der Waals surface area contributed by atoms with E-state index in [1.165, 1.54) is 21.5 Å². The maximum atomic E-state index is 6.77. The molecule has 5 aromatic rings. The standard InChI is InChI=1S/C28H30NO2P/c1-5-19(3)29(20(4)6-2)32-30-25-17-15-21-11-7-9-13-23(21)27(25)28-24-14-10-8-12-22(24)16-18-26(28)31-32/h7-20H,5-6H2,1-4H3/t19-,20-/m0/s1. The van der Waals surface area contributed by atoms with Crippen LogP contribution in [0.1, 0.15) is 40.5 Å². The molecular weight excluding hydrogens is 413 g/mol. The monoisotopic (exact) mass is 443 g/mol. The zero-order valence-corrected chi connectivity index (χ0v) is 20.1. The van der Waals surface area contributed by atoms with Gasteiger partial charge in [-0.3, -0.25) is 0 Å². The van der Waals surface area contributed by atoms with Gasteiger partial charge in [-0.2, -0.15) is 4.67 Å². The normalized spacial score (nSPS) is 13.9. The molecule has 0 aliphatic carbocycles. The van der Waals surface area contributed by atoms with Crippen molar-refractivity contribution < 1.29 is 8.39 Å². The third-order valence-electron chi connectivity index (χ3n) is 6.66. The van der Waals surface area contributed by atoms with E-state index in [1.54, 1.807) is 0 Å². The van der Waals surface area contributed by atoms with Crippen molar-refractivity contribution in [2.45, 2.75) is 52.6 Å². The largest absolute Gasteiger partial charge is 0.408 e. The Kier molecular flexibility index (Phi) is 5.71. The highest BCUT2D eigenvalue weighted by molar-refractivity contribution is 7.39. The zero-order valence-electron chi connectivity index (χ0n) is 19.2. The Hall–Kier alpha value is -2.74. The van der Waals surface area contributed by atoms with Crippen LogP contribution in [0.4, 0.5) is 0 Å². The Morgan fingerprint density at radius 2 is 1.09 bits per heavy atom. The van der Waals surface area contributed by atoms with Crippen molar-refractivity contribution >= 4 is 51.6 Å². The van der Waals surface area contributed by atoms with Crippen molar-refractivity contribution in [3.63, 3.8) is 0 Å². The van der Waals surface area contributed by atoms with Crippen LogP contribution in [0.2, 0.25) is 0 Å². The number of hydrogen-bond acceptors (Lipinski definition) is 3. The molecule has 0 amide bonds. The fraction of sp³-hybridized carbons (Fsp3) is 0.286. The molecule has 0 radical (unpaired) electrons. The van der Waals surface area contributed by atoms with Gasteiger partial charge in [0.15, 0.2) is 0 Å². The lowest BCUT2D eigenvalue weighted by molar-refractivity contribution is 0.520. The number of rotatable bonds is 5. The van der Waals surface area contributed by atoms with Gasteiger partial charge in [0, 0.05) is 22.9 Å². The van der Waals surface area contributed by atoms with Crippen molar-refractivity contribution in [3.05, 3.63) is 72.8 Å². The van der Waals surface area contributed by atoms with Crippen LogP contribution in [0.25, 0.3) is 43.5 Å². The molecule has 0 fully saturated rings. The van der Waals surface area contributed by atoms with Crippen LogP contribution in [-0.2, 0) is 0 Å². The lowest BCUT2D eigenvalue weighted by Gasteiger charge is -2.29. The van der Waals surface area contributed by atoms with Crippen LogP contribution in [-0.4, -0.2) is 12.1 Å². The molecule has 0 saturated carbocycles. The summed E-state index contributed by atoms with van der Waals surface area (Å²) in [6.07, 6.45) is 2.09. The van der Waals surface area contributed by atoms with E-state index in [2.05, 4.69) is 105 Å². The second-order valence-corrected chi connectivity index (χ2v) is 9.94. The lowest BCUT2D eigenvalue weighted by Crippen LogP contribution is -2.37. The highest BCUT2D eigenvalue weighted by atomic mass is 31.1. The minimum atomic E-state index is -1.30.